The van der Waals surface area contributed by atoms with Gasteiger partial charge in [0.05, 0.1) is 23.9 Å². The van der Waals surface area contributed by atoms with Crippen LogP contribution in [0.2, 0.25) is 0 Å². The molecular weight excluding hydrogens is 402 g/mol. The normalized spacial score (nSPS) is 18.0. The van der Waals surface area contributed by atoms with E-state index in [4.69, 9.17) is 4.74 Å². The Morgan fingerprint density at radius 2 is 1.75 bits per heavy atom. The molecule has 0 unspecified atom stereocenters. The molecule has 3 aromatic rings. The second-order valence-corrected chi connectivity index (χ2v) is 10.2. The molecule has 32 heavy (non-hydrogen) atoms. The maximum Gasteiger partial charge on any atom is 0.151 e. The number of anilines is 1. The van der Waals surface area contributed by atoms with Crippen LogP contribution in [0.3, 0.4) is 0 Å². The predicted octanol–water partition coefficient (Wildman–Crippen LogP) is 4.46. The highest BCUT2D eigenvalue weighted by Crippen LogP contribution is 2.38. The fourth-order valence-corrected chi connectivity index (χ4v) is 5.17. The van der Waals surface area contributed by atoms with Gasteiger partial charge in [0.25, 0.3) is 0 Å². The zero-order valence-corrected chi connectivity index (χ0v) is 20.0. The van der Waals surface area contributed by atoms with E-state index >= 15 is 0 Å². The molecule has 0 atom stereocenters. The van der Waals surface area contributed by atoms with Crippen molar-refractivity contribution >= 4 is 16.7 Å². The van der Waals surface area contributed by atoms with Crippen molar-refractivity contribution in [3.8, 4) is 22.8 Å². The predicted molar refractivity (Wildman–Crippen MR) is 128 cm³/mol. The van der Waals surface area contributed by atoms with Crippen LogP contribution in [-0.4, -0.2) is 51.6 Å². The lowest BCUT2D eigenvalue weighted by molar-refractivity contribution is 0.160. The number of nitrogens with zero attached hydrogens (tertiary/aromatic N) is 4. The number of nitrogens with one attached hydrogen (secondary N) is 1. The molecule has 0 saturated carbocycles. The summed E-state index contributed by atoms with van der Waals surface area (Å²) in [6.45, 7) is 10.9. The van der Waals surface area contributed by atoms with E-state index in [9.17, 15) is 5.11 Å². The monoisotopic (exact) mass is 435 g/mol. The third-order valence-corrected chi connectivity index (χ3v) is 6.25. The number of hydrogen-bond acceptors (Lipinski definition) is 7. The van der Waals surface area contributed by atoms with Crippen LogP contribution in [0.5, 0.6) is 11.5 Å². The zero-order valence-electron chi connectivity index (χ0n) is 20.0. The van der Waals surface area contributed by atoms with E-state index in [1.807, 2.05) is 31.2 Å². The summed E-state index contributed by atoms with van der Waals surface area (Å²) in [5.41, 5.74) is 2.70. The molecule has 7 nitrogen and oxygen atoms in total. The Morgan fingerprint density at radius 1 is 1.06 bits per heavy atom. The first-order valence-electron chi connectivity index (χ1n) is 11.0. The standard InChI is InChI=1S/C25H33N5O2/c1-15-12-20(32-7)17-8-10-19(31)22(23(17)26-15)18-9-11-21(28-27-18)30(6)16-13-24(2,3)29-25(4,5)14-16/h8-12,16,29,31H,13-14H2,1-7H3. The molecule has 7 heteroatoms. The van der Waals surface area contributed by atoms with Crippen LogP contribution in [0.1, 0.15) is 46.2 Å². The molecule has 1 aromatic carbocycles. The number of aromatic hydroxyl groups is 1. The van der Waals surface area contributed by atoms with Gasteiger partial charge in [0.2, 0.25) is 0 Å². The van der Waals surface area contributed by atoms with Crippen molar-refractivity contribution in [2.24, 2.45) is 0 Å². The molecule has 3 heterocycles. The second-order valence-electron chi connectivity index (χ2n) is 10.2. The molecule has 0 amide bonds. The molecule has 2 N–H and O–H groups in total. The summed E-state index contributed by atoms with van der Waals surface area (Å²) in [7, 11) is 3.71. The molecular formula is C25H33N5O2. The molecule has 0 aliphatic carbocycles. The smallest absolute Gasteiger partial charge is 0.151 e. The lowest BCUT2D eigenvalue weighted by Gasteiger charge is -2.49. The van der Waals surface area contributed by atoms with E-state index in [2.05, 4.69) is 60.1 Å². The second kappa shape index (κ2) is 7.89. The first kappa shape index (κ1) is 22.3. The zero-order chi connectivity index (χ0) is 23.3. The number of methoxy groups -OCH3 is 1. The van der Waals surface area contributed by atoms with Gasteiger partial charge in [0, 0.05) is 41.3 Å². The van der Waals surface area contributed by atoms with Crippen LogP contribution < -0.4 is 15.0 Å². The third-order valence-electron chi connectivity index (χ3n) is 6.25. The highest BCUT2D eigenvalue weighted by molar-refractivity contribution is 5.99. The number of phenolic OH excluding ortho intramolecular Hbond substituents is 1. The van der Waals surface area contributed by atoms with Crippen molar-refractivity contribution in [2.75, 3.05) is 19.1 Å². The van der Waals surface area contributed by atoms with Gasteiger partial charge < -0.3 is 20.1 Å². The number of hydrogen-bond donors (Lipinski definition) is 2. The van der Waals surface area contributed by atoms with Crippen molar-refractivity contribution in [3.63, 3.8) is 0 Å². The van der Waals surface area contributed by atoms with Crippen LogP contribution in [0, 0.1) is 6.92 Å². The number of ether oxygens (including phenoxy) is 1. The Bertz CT molecular complexity index is 1130. The van der Waals surface area contributed by atoms with E-state index < -0.39 is 0 Å². The van der Waals surface area contributed by atoms with Crippen molar-refractivity contribution in [1.29, 1.82) is 0 Å². The number of pyridine rings is 1. The molecule has 1 aliphatic rings. The van der Waals surface area contributed by atoms with Crippen molar-refractivity contribution in [3.05, 3.63) is 36.0 Å². The fraction of sp³-hybridized carbons (Fsp3) is 0.480. The summed E-state index contributed by atoms with van der Waals surface area (Å²) >= 11 is 0. The number of piperidine rings is 1. The van der Waals surface area contributed by atoms with Gasteiger partial charge in [0.1, 0.15) is 11.5 Å². The van der Waals surface area contributed by atoms with Gasteiger partial charge in [-0.15, -0.1) is 10.2 Å². The Morgan fingerprint density at radius 3 is 2.34 bits per heavy atom. The molecule has 4 rings (SSSR count). The average Bonchev–Trinajstić information content (AvgIpc) is 2.70. The van der Waals surface area contributed by atoms with Crippen LogP contribution in [0.25, 0.3) is 22.2 Å². The van der Waals surface area contributed by atoms with Gasteiger partial charge in [-0.1, -0.05) is 0 Å². The van der Waals surface area contributed by atoms with Gasteiger partial charge in [-0.3, -0.25) is 4.98 Å². The molecule has 0 bridgehead atoms. The maximum absolute atomic E-state index is 10.6. The van der Waals surface area contributed by atoms with Gasteiger partial charge >= 0.3 is 0 Å². The van der Waals surface area contributed by atoms with Crippen molar-refractivity contribution in [2.45, 2.75) is 64.6 Å². The molecule has 1 fully saturated rings. The van der Waals surface area contributed by atoms with Gasteiger partial charge in [-0.25, -0.2) is 0 Å². The Labute approximate surface area is 189 Å². The number of aryl methyl sites for hydroxylation is 1. The van der Waals surface area contributed by atoms with E-state index in [-0.39, 0.29) is 16.8 Å². The highest BCUT2D eigenvalue weighted by Gasteiger charge is 2.39. The summed E-state index contributed by atoms with van der Waals surface area (Å²) in [5, 5.41) is 24.2. The van der Waals surface area contributed by atoms with Crippen molar-refractivity contribution in [1.82, 2.24) is 20.5 Å². The van der Waals surface area contributed by atoms with Crippen LogP contribution in [0.15, 0.2) is 30.3 Å². The van der Waals surface area contributed by atoms with E-state index in [1.54, 1.807) is 13.2 Å². The minimum Gasteiger partial charge on any atom is -0.507 e. The maximum atomic E-state index is 10.6. The fourth-order valence-electron chi connectivity index (χ4n) is 5.17. The molecule has 1 saturated heterocycles. The Kier molecular flexibility index (Phi) is 5.49. The summed E-state index contributed by atoms with van der Waals surface area (Å²) in [4.78, 5) is 6.88. The van der Waals surface area contributed by atoms with Crippen LogP contribution in [0.4, 0.5) is 5.82 Å². The number of phenols is 1. The summed E-state index contributed by atoms with van der Waals surface area (Å²) in [6, 6.07) is 9.57. The first-order valence-corrected chi connectivity index (χ1v) is 11.0. The highest BCUT2D eigenvalue weighted by atomic mass is 16.5. The van der Waals surface area contributed by atoms with E-state index in [0.717, 1.165) is 29.7 Å². The first-order chi connectivity index (χ1) is 15.0. The minimum absolute atomic E-state index is 0.0470. The third kappa shape index (κ3) is 4.21. The summed E-state index contributed by atoms with van der Waals surface area (Å²) in [6.07, 6.45) is 2.03. The number of benzene rings is 1. The lowest BCUT2D eigenvalue weighted by Crippen LogP contribution is -2.62. The quantitative estimate of drug-likeness (QED) is 0.626. The molecule has 2 aromatic heterocycles. The lowest BCUT2D eigenvalue weighted by atomic mass is 9.79. The van der Waals surface area contributed by atoms with Gasteiger partial charge in [-0.05, 0) is 71.7 Å². The summed E-state index contributed by atoms with van der Waals surface area (Å²) in [5.74, 6) is 1.65. The largest absolute Gasteiger partial charge is 0.507 e. The number of fused-ring (bicyclic) bond motifs is 1. The van der Waals surface area contributed by atoms with E-state index in [1.165, 1.54) is 0 Å². The molecule has 0 radical (unpaired) electrons. The number of rotatable bonds is 4. The molecule has 0 spiro atoms. The molecule has 1 aliphatic heterocycles. The van der Waals surface area contributed by atoms with E-state index in [0.29, 0.717) is 28.6 Å². The molecule has 170 valence electrons. The van der Waals surface area contributed by atoms with Crippen LogP contribution in [-0.2, 0) is 0 Å². The van der Waals surface area contributed by atoms with Gasteiger partial charge in [0.15, 0.2) is 5.82 Å². The van der Waals surface area contributed by atoms with Crippen LogP contribution >= 0.6 is 0 Å². The SMILES string of the molecule is COc1cc(C)nc2c(-c3ccc(N(C)C4CC(C)(C)NC(C)(C)C4)nn3)c(O)ccc12. The Balaban J connectivity index is 1.70. The van der Waals surface area contributed by atoms with Crippen molar-refractivity contribution < 1.29 is 9.84 Å². The minimum atomic E-state index is 0.0470. The number of aromatic nitrogens is 3. The van der Waals surface area contributed by atoms with Gasteiger partial charge in [-0.2, -0.15) is 0 Å². The summed E-state index contributed by atoms with van der Waals surface area (Å²) < 4.78 is 5.52. The average molecular weight is 436 g/mol. The Hall–Kier alpha value is -2.93. The topological polar surface area (TPSA) is 83.4 Å².